The number of hydrogen-bond acceptors (Lipinski definition) is 24. The van der Waals surface area contributed by atoms with Gasteiger partial charge < -0.3 is 79.8 Å². The van der Waals surface area contributed by atoms with Crippen LogP contribution < -0.4 is 60.8 Å². The third-order valence-electron chi connectivity index (χ3n) is 19.9. The van der Waals surface area contributed by atoms with Crippen LogP contribution in [0.4, 0.5) is 0 Å². The average molecular weight is 1730 g/mol. The Hall–Kier alpha value is -7.16. The predicted molar refractivity (Wildman–Crippen MR) is 471 cm³/mol. The first kappa shape index (κ1) is 44.1. The molecule has 4 fully saturated rings. The van der Waals surface area contributed by atoms with Crippen molar-refractivity contribution in [1.29, 1.82) is 0 Å². The molecule has 8 heterocycles. The van der Waals surface area contributed by atoms with E-state index in [9.17, 15) is 46.6 Å². The van der Waals surface area contributed by atoms with Crippen molar-refractivity contribution < 1.29 is 156 Å². The number of carbonyl (C=O) groups is 4. The van der Waals surface area contributed by atoms with Crippen LogP contribution in [0, 0.1) is 70.8 Å². The zero-order valence-corrected chi connectivity index (χ0v) is 70.5. The van der Waals surface area contributed by atoms with Gasteiger partial charge in [-0.25, -0.2) is 0 Å². The highest BCUT2D eigenvalue weighted by molar-refractivity contribution is 5.77. The normalized spacial score (nSPS) is 40.9. The van der Waals surface area contributed by atoms with Gasteiger partial charge >= 0.3 is 23.9 Å². The summed E-state index contributed by atoms with van der Waals surface area (Å²) in [6.07, 6.45) is -39.7. The van der Waals surface area contributed by atoms with Crippen molar-refractivity contribution in [3.8, 4) is 46.0 Å². The highest BCUT2D eigenvalue weighted by Gasteiger charge is 2.47. The number of methoxy groups -OCH3 is 8. The van der Waals surface area contributed by atoms with Crippen molar-refractivity contribution in [3.63, 3.8) is 0 Å². The fourth-order valence-electron chi connectivity index (χ4n) is 13.2. The highest BCUT2D eigenvalue weighted by Crippen LogP contribution is 2.50. The molecule has 8 aliphatic heterocycles. The summed E-state index contributed by atoms with van der Waals surface area (Å²) in [4.78, 5) is 55.8. The molecule has 20 atom stereocenters. The second-order valence-electron chi connectivity index (χ2n) is 30.1. The van der Waals surface area contributed by atoms with Gasteiger partial charge in [-0.15, -0.1) is 0 Å². The molecule has 4 aromatic carbocycles. The molecule has 0 spiro atoms. The molecule has 672 valence electrons. The number of carbonyl (C=O) groups excluding carboxylic acids is 4. The lowest BCUT2D eigenvalue weighted by Gasteiger charge is -2.47. The topological polar surface area (TPSA) is 296 Å². The summed E-state index contributed by atoms with van der Waals surface area (Å²) in [5.74, 6) is -38.4. The van der Waals surface area contributed by atoms with Crippen molar-refractivity contribution in [1.82, 2.24) is 19.6 Å². The Labute approximate surface area is 800 Å². The minimum Gasteiger partial charge on any atom is -0.493 e. The minimum absolute atomic E-state index is 0.112. The maximum Gasteiger partial charge on any atom is 0.323 e. The van der Waals surface area contributed by atoms with Crippen LogP contribution in [0.25, 0.3) is 0 Å². The molecule has 0 aliphatic carbocycles. The summed E-state index contributed by atoms with van der Waals surface area (Å²) < 4.78 is 564. The fraction of sp³-hybridized carbons (Fsp3) is 0.708. The Morgan fingerprint density at radius 2 is 0.558 bits per heavy atom. The van der Waals surface area contributed by atoms with Crippen molar-refractivity contribution in [2.75, 3.05) is 109 Å². The van der Waals surface area contributed by atoms with E-state index in [1.54, 1.807) is 27.7 Å². The molecule has 8 aliphatic rings. The molecule has 0 saturated carbocycles. The van der Waals surface area contributed by atoms with Crippen LogP contribution >= 0.6 is 0 Å². The molecule has 120 heavy (non-hydrogen) atoms. The first-order chi connectivity index (χ1) is 79.6. The second-order valence-corrected chi connectivity index (χ2v) is 30.1. The van der Waals surface area contributed by atoms with E-state index in [-0.39, 0.29) is 94.1 Å². The van der Waals surface area contributed by atoms with Gasteiger partial charge in [0.25, 0.3) is 0 Å². The van der Waals surface area contributed by atoms with Gasteiger partial charge in [-0.2, -0.15) is 0 Å². The van der Waals surface area contributed by atoms with Gasteiger partial charge in [0.05, 0.1) is 75.9 Å². The Kier molecular flexibility index (Phi) is 16.2. The molecular formula is C96H152N8O16. The third kappa shape index (κ3) is 23.8. The molecule has 24 heteroatoms. The SMILES string of the molecule is [2H]c1c2c(c([2H])c(OC)c1OC([2H])([2H])[2H])C1N(CC2)C([2H])([2H])C([2H])(C([2H])([2H])C([2H])(C)C([2H])([2H])[2H])C(OC(=O)[C@@H](N)C(C)C)C1([2H])[2H].[2H]c1c2c(c([2H])c(OC)c1OC([2H])([2H])[2H])C1N(CC2)C([2H])([2H])C([2H])(C([2H])([2H])C([2H])(C)C([2H])([2H])[2H])C(OC(=O)[C@@H](N)C(C)C)C1([2H])[2H].[2H]c1c2c(c([2H])c(OC)c1OC)C1N(CC2)C([2H])([2H])C([2H])(C([2H])([2H])C([2H])(C)C([2H])([2H])[2H])C(OC(=O)[C@@H](N)C(C)C)C1([2H])[2H].[2H]c1c2c(c([2H])c(OC)c1OC)C1N(CC2)C([2H])([2H])C([2H])(C([2H])([2H])C([2H])(C)C([2H])([2H])[2H])C(OC(=O)[C@@H](N)C(C)C)C1([2H])[2H]. The number of hydrogen-bond donors (Lipinski definition) is 4. The summed E-state index contributed by atoms with van der Waals surface area (Å²) in [5, 5.41) is 0. The molecule has 4 saturated heterocycles. The standard InChI is InChI=1S/4C24H38N2O4/c4*1-14(2)9-17-13-26-8-7-16-10-21(28-5)22(29-6)11-18(16)19(26)12-20(17)30-24(27)23(25)15(3)4/h4*10-11,14-15,17,19-20,23H,7-9,12-13,25H2,1-6H3/t4*17?,19?,20?,23-/m0000/s1/i2*1D3,5D3,9D2,10D,11D,12D2,13D2,14D,17D;2*1D3,9D2,10D,11D,12D2,13D2,14D,17D/t4*14?,17?,19?,20?,23-. The Balaban J connectivity index is 0.000000259. The number of piperidine rings is 4. The van der Waals surface area contributed by atoms with Crippen molar-refractivity contribution in [2.45, 2.75) is 260 Å². The first-order valence-corrected chi connectivity index (χ1v) is 38.7. The lowest BCUT2D eigenvalue weighted by molar-refractivity contribution is -0.161. The van der Waals surface area contributed by atoms with E-state index < -0.39 is 382 Å². The Morgan fingerprint density at radius 3 is 0.733 bits per heavy atom. The summed E-state index contributed by atoms with van der Waals surface area (Å²) >= 11 is 0. The first-order valence-electron chi connectivity index (χ1n) is 67.7. The second kappa shape index (κ2) is 43.9. The van der Waals surface area contributed by atoms with Gasteiger partial charge in [0.1, 0.15) is 48.6 Å². The maximum absolute atomic E-state index is 13.2. The van der Waals surface area contributed by atoms with Gasteiger partial charge in [0.2, 0.25) is 0 Å². The maximum atomic E-state index is 13.2. The summed E-state index contributed by atoms with van der Waals surface area (Å²) in [5.41, 5.74) is 22.4. The van der Waals surface area contributed by atoms with Crippen LogP contribution in [0.5, 0.6) is 46.0 Å². The molecular weight excluding hydrogens is 1520 g/mol. The summed E-state index contributed by atoms with van der Waals surface area (Å²) in [7, 11) is 0.795. The molecule has 12 rings (SSSR count). The molecule has 0 radical (unpaired) electrons. The number of ether oxygens (including phenoxy) is 12. The number of benzene rings is 4. The van der Waals surface area contributed by atoms with Crippen LogP contribution in [-0.4, -0.2) is 201 Å². The number of nitrogens with zero attached hydrogens (tertiary/aromatic N) is 4. The number of rotatable bonds is 28. The quantitative estimate of drug-likeness (QED) is 0.0303. The number of nitrogens with two attached hydrogens (primary N) is 4. The molecule has 0 amide bonds. The smallest absolute Gasteiger partial charge is 0.323 e. The summed E-state index contributed by atoms with van der Waals surface area (Å²) in [6.45, 7) is -14.5. The third-order valence-corrected chi connectivity index (χ3v) is 19.9. The zero-order chi connectivity index (χ0) is 139. The van der Waals surface area contributed by atoms with E-state index in [0.29, 0.717) is 37.5 Å². The molecule has 24 nitrogen and oxygen atoms in total. The van der Waals surface area contributed by atoms with E-state index in [1.807, 2.05) is 0 Å². The highest BCUT2D eigenvalue weighted by atomic mass is 16.6. The van der Waals surface area contributed by atoms with Crippen LogP contribution in [0.1, 0.15) is 310 Å². The monoisotopic (exact) mass is 1730 g/mol. The van der Waals surface area contributed by atoms with Gasteiger partial charge in [-0.3, -0.25) is 38.8 Å². The fourth-order valence-corrected chi connectivity index (χ4v) is 13.2. The van der Waals surface area contributed by atoms with Gasteiger partial charge in [-0.1, -0.05) is 110 Å². The van der Waals surface area contributed by atoms with Crippen LogP contribution in [0.3, 0.4) is 0 Å². The van der Waals surface area contributed by atoms with Crippen LogP contribution in [0.2, 0.25) is 0 Å². The largest absolute Gasteiger partial charge is 0.493 e. The van der Waals surface area contributed by atoms with E-state index in [1.165, 1.54) is 56.1 Å². The molecule has 16 unspecified atom stereocenters. The minimum atomic E-state index is -3.78. The number of esters is 4. The van der Waals surface area contributed by atoms with Crippen molar-refractivity contribution in [2.24, 2.45) is 93.8 Å². The Morgan fingerprint density at radius 1 is 0.367 bits per heavy atom. The average Bonchev–Trinajstić information content (AvgIpc) is 0.670. The summed E-state index contributed by atoms with van der Waals surface area (Å²) in [6, 6.07) is -17.5. The van der Waals surface area contributed by atoms with Gasteiger partial charge in [-0.05, 0) is 191 Å². The molecule has 4 aromatic rings. The lowest BCUT2D eigenvalue weighted by atomic mass is 9.79. The Bertz CT molecular complexity index is 6450. The van der Waals surface area contributed by atoms with Crippen molar-refractivity contribution in [3.05, 3.63) is 92.8 Å². The zero-order valence-electron chi connectivity index (χ0n) is 129. The van der Waals surface area contributed by atoms with Crippen LogP contribution in [-0.2, 0) is 63.8 Å². The van der Waals surface area contributed by atoms with E-state index in [2.05, 4.69) is 0 Å². The van der Waals surface area contributed by atoms with Crippen molar-refractivity contribution >= 4 is 23.9 Å². The number of fused-ring (bicyclic) bond motifs is 12. The van der Waals surface area contributed by atoms with E-state index >= 15 is 0 Å². The molecule has 8 N–H and O–H groups in total. The predicted octanol–water partition coefficient (Wildman–Crippen LogP) is 14.3. The molecule has 0 bridgehead atoms. The van der Waals surface area contributed by atoms with Gasteiger partial charge in [0, 0.05) is 186 Å². The lowest BCUT2D eigenvalue weighted by Crippen LogP contribution is -2.51. The molecule has 0 aromatic heterocycles. The van der Waals surface area contributed by atoms with E-state index in [0.717, 1.165) is 24.0 Å². The van der Waals surface area contributed by atoms with Gasteiger partial charge in [0.15, 0.2) is 46.0 Å². The van der Waals surface area contributed by atoms with Crippen LogP contribution in [0.15, 0.2) is 48.3 Å². The van der Waals surface area contributed by atoms with E-state index in [4.69, 9.17) is 132 Å².